The summed E-state index contributed by atoms with van der Waals surface area (Å²) in [7, 11) is 0. The Hall–Kier alpha value is -0.590. The largest absolute Gasteiger partial charge is 0.295 e. The third-order valence-corrected chi connectivity index (χ3v) is 1.96. The molecule has 0 N–H and O–H groups in total. The summed E-state index contributed by atoms with van der Waals surface area (Å²) in [5.41, 5.74) is 0. The van der Waals surface area contributed by atoms with Crippen LogP contribution in [0.3, 0.4) is 0 Å². The van der Waals surface area contributed by atoms with E-state index in [-0.39, 0.29) is 5.78 Å². The Labute approximate surface area is 55.8 Å². The van der Waals surface area contributed by atoms with Gasteiger partial charge in [0.1, 0.15) is 0 Å². The molecule has 0 heterocycles. The maximum Gasteiger partial charge on any atom is 0.158 e. The molecule has 0 amide bonds. The van der Waals surface area contributed by atoms with Crippen LogP contribution in [0.1, 0.15) is 25.7 Å². The van der Waals surface area contributed by atoms with Crippen LogP contribution >= 0.6 is 0 Å². The Kier molecular flexibility index (Phi) is 2.04. The van der Waals surface area contributed by atoms with E-state index in [9.17, 15) is 4.79 Å². The highest BCUT2D eigenvalue weighted by Crippen LogP contribution is 2.25. The van der Waals surface area contributed by atoms with Crippen molar-refractivity contribution in [3.05, 3.63) is 12.7 Å². The zero-order valence-corrected chi connectivity index (χ0v) is 5.60. The number of hydrogen-bond acceptors (Lipinski definition) is 1. The van der Waals surface area contributed by atoms with E-state index >= 15 is 0 Å². The van der Waals surface area contributed by atoms with Crippen molar-refractivity contribution in [2.45, 2.75) is 25.7 Å². The monoisotopic (exact) mass is 124 g/mol. The molecular formula is C8H12O. The van der Waals surface area contributed by atoms with Gasteiger partial charge in [0.25, 0.3) is 0 Å². The van der Waals surface area contributed by atoms with Crippen LogP contribution in [0.25, 0.3) is 0 Å². The number of carbonyl (C=O) groups is 1. The molecular weight excluding hydrogens is 112 g/mol. The molecule has 0 spiro atoms. The van der Waals surface area contributed by atoms with Gasteiger partial charge in [0.15, 0.2) is 5.78 Å². The molecule has 1 saturated carbocycles. The summed E-state index contributed by atoms with van der Waals surface area (Å²) in [5.74, 6) is 0.565. The molecule has 0 saturated heterocycles. The zero-order chi connectivity index (χ0) is 6.69. The van der Waals surface area contributed by atoms with Crippen molar-refractivity contribution in [1.29, 1.82) is 0 Å². The average Bonchev–Trinajstić information content (AvgIpc) is 2.37. The van der Waals surface area contributed by atoms with Gasteiger partial charge in [-0.25, -0.2) is 0 Å². The van der Waals surface area contributed by atoms with Gasteiger partial charge in [0, 0.05) is 5.92 Å². The predicted octanol–water partition coefficient (Wildman–Crippen LogP) is 1.93. The standard InChI is InChI=1S/C8H12O/c1-2-8(9)7-5-3-4-6-7/h2,7H,1,3-6H2. The molecule has 0 unspecified atom stereocenters. The van der Waals surface area contributed by atoms with E-state index in [1.807, 2.05) is 0 Å². The lowest BCUT2D eigenvalue weighted by Gasteiger charge is -2.00. The van der Waals surface area contributed by atoms with E-state index in [1.165, 1.54) is 18.9 Å². The third-order valence-electron chi connectivity index (χ3n) is 1.96. The van der Waals surface area contributed by atoms with Crippen LogP contribution in [0, 0.1) is 5.92 Å². The Morgan fingerprint density at radius 1 is 1.44 bits per heavy atom. The van der Waals surface area contributed by atoms with Crippen LogP contribution < -0.4 is 0 Å². The van der Waals surface area contributed by atoms with E-state index in [2.05, 4.69) is 6.58 Å². The van der Waals surface area contributed by atoms with Gasteiger partial charge in [-0.3, -0.25) is 4.79 Å². The van der Waals surface area contributed by atoms with Gasteiger partial charge in [-0.1, -0.05) is 19.4 Å². The van der Waals surface area contributed by atoms with Gasteiger partial charge in [-0.05, 0) is 18.9 Å². The SMILES string of the molecule is C=CC(=O)C1CCCC1. The van der Waals surface area contributed by atoms with Gasteiger partial charge in [-0.2, -0.15) is 0 Å². The van der Waals surface area contributed by atoms with Gasteiger partial charge >= 0.3 is 0 Å². The van der Waals surface area contributed by atoms with Crippen molar-refractivity contribution in [3.63, 3.8) is 0 Å². The molecule has 0 atom stereocenters. The maximum atomic E-state index is 10.9. The van der Waals surface area contributed by atoms with Crippen molar-refractivity contribution in [3.8, 4) is 0 Å². The Balaban J connectivity index is 2.41. The lowest BCUT2D eigenvalue weighted by molar-refractivity contribution is -0.117. The van der Waals surface area contributed by atoms with Gasteiger partial charge in [-0.15, -0.1) is 0 Å². The Morgan fingerprint density at radius 3 is 2.44 bits per heavy atom. The molecule has 0 aromatic carbocycles. The zero-order valence-electron chi connectivity index (χ0n) is 5.60. The second kappa shape index (κ2) is 2.81. The number of carbonyl (C=O) groups excluding carboxylic acids is 1. The van der Waals surface area contributed by atoms with Crippen LogP contribution in [0.5, 0.6) is 0 Å². The van der Waals surface area contributed by atoms with E-state index in [0.29, 0.717) is 5.92 Å². The van der Waals surface area contributed by atoms with Crippen molar-refractivity contribution in [2.75, 3.05) is 0 Å². The first-order valence-corrected chi connectivity index (χ1v) is 3.51. The second-order valence-corrected chi connectivity index (χ2v) is 2.59. The summed E-state index contributed by atoms with van der Waals surface area (Å²) in [6.07, 6.45) is 6.08. The summed E-state index contributed by atoms with van der Waals surface area (Å²) < 4.78 is 0. The van der Waals surface area contributed by atoms with Crippen LogP contribution in [-0.4, -0.2) is 5.78 Å². The second-order valence-electron chi connectivity index (χ2n) is 2.59. The number of rotatable bonds is 2. The molecule has 0 bridgehead atoms. The van der Waals surface area contributed by atoms with E-state index in [4.69, 9.17) is 0 Å². The molecule has 0 aliphatic heterocycles. The fraction of sp³-hybridized carbons (Fsp3) is 0.625. The van der Waals surface area contributed by atoms with Crippen LogP contribution in [-0.2, 0) is 4.79 Å². The topological polar surface area (TPSA) is 17.1 Å². The van der Waals surface area contributed by atoms with Crippen LogP contribution in [0.4, 0.5) is 0 Å². The first-order chi connectivity index (χ1) is 4.34. The van der Waals surface area contributed by atoms with Gasteiger partial charge in [0.2, 0.25) is 0 Å². The fourth-order valence-corrected chi connectivity index (χ4v) is 1.38. The number of allylic oxidation sites excluding steroid dienone is 1. The predicted molar refractivity (Wildman–Crippen MR) is 37.2 cm³/mol. The summed E-state index contributed by atoms with van der Waals surface area (Å²) in [4.78, 5) is 10.9. The molecule has 1 heteroatoms. The molecule has 0 radical (unpaired) electrons. The highest BCUT2D eigenvalue weighted by molar-refractivity contribution is 5.91. The highest BCUT2D eigenvalue weighted by atomic mass is 16.1. The van der Waals surface area contributed by atoms with Crippen LogP contribution in [0.2, 0.25) is 0 Å². The van der Waals surface area contributed by atoms with E-state index < -0.39 is 0 Å². The van der Waals surface area contributed by atoms with Gasteiger partial charge in [0.05, 0.1) is 0 Å². The summed E-state index contributed by atoms with van der Waals surface area (Å²) in [5, 5.41) is 0. The minimum absolute atomic E-state index is 0.243. The minimum Gasteiger partial charge on any atom is -0.295 e. The van der Waals surface area contributed by atoms with Crippen molar-refractivity contribution in [2.24, 2.45) is 5.92 Å². The van der Waals surface area contributed by atoms with E-state index in [1.54, 1.807) is 0 Å². The minimum atomic E-state index is 0.243. The van der Waals surface area contributed by atoms with Gasteiger partial charge < -0.3 is 0 Å². The quantitative estimate of drug-likeness (QED) is 0.514. The Morgan fingerprint density at radius 2 is 2.00 bits per heavy atom. The number of ketones is 1. The molecule has 1 aliphatic carbocycles. The molecule has 1 fully saturated rings. The summed E-state index contributed by atoms with van der Waals surface area (Å²) >= 11 is 0. The molecule has 1 rings (SSSR count). The molecule has 50 valence electrons. The first kappa shape index (κ1) is 6.53. The highest BCUT2D eigenvalue weighted by Gasteiger charge is 2.19. The lowest BCUT2D eigenvalue weighted by Crippen LogP contribution is -2.05. The third kappa shape index (κ3) is 1.41. The van der Waals surface area contributed by atoms with E-state index in [0.717, 1.165) is 12.8 Å². The summed E-state index contributed by atoms with van der Waals surface area (Å²) in [6.45, 7) is 3.46. The maximum absolute atomic E-state index is 10.9. The van der Waals surface area contributed by atoms with Crippen molar-refractivity contribution in [1.82, 2.24) is 0 Å². The molecule has 1 nitrogen and oxygen atoms in total. The smallest absolute Gasteiger partial charge is 0.158 e. The Bertz CT molecular complexity index is 121. The summed E-state index contributed by atoms with van der Waals surface area (Å²) in [6, 6.07) is 0. The van der Waals surface area contributed by atoms with Crippen molar-refractivity contribution < 1.29 is 4.79 Å². The average molecular weight is 124 g/mol. The van der Waals surface area contributed by atoms with Crippen molar-refractivity contribution >= 4 is 5.78 Å². The normalized spacial score (nSPS) is 20.0. The molecule has 0 aromatic rings. The first-order valence-electron chi connectivity index (χ1n) is 3.51. The molecule has 9 heavy (non-hydrogen) atoms. The lowest BCUT2D eigenvalue weighted by atomic mass is 10.0. The molecule has 1 aliphatic rings. The van der Waals surface area contributed by atoms with Crippen LogP contribution in [0.15, 0.2) is 12.7 Å². The number of hydrogen-bond donors (Lipinski definition) is 0. The fourth-order valence-electron chi connectivity index (χ4n) is 1.38. The molecule has 0 aromatic heterocycles.